The maximum absolute atomic E-state index is 4.55. The topological polar surface area (TPSA) is 12.9 Å². The van der Waals surface area contributed by atoms with Gasteiger partial charge in [0, 0.05) is 21.8 Å². The fraction of sp³-hybridized carbons (Fsp3) is 0.300. The Kier molecular flexibility index (Phi) is 1.85. The van der Waals surface area contributed by atoms with Gasteiger partial charge < -0.3 is 0 Å². The normalized spacial score (nSPS) is 11.2. The van der Waals surface area contributed by atoms with Crippen molar-refractivity contribution in [3.63, 3.8) is 0 Å². The van der Waals surface area contributed by atoms with E-state index < -0.39 is 0 Å². The van der Waals surface area contributed by atoms with Crippen LogP contribution in [0.2, 0.25) is 0 Å². The first-order chi connectivity index (χ1) is 5.77. The van der Waals surface area contributed by atoms with Crippen LogP contribution in [0.1, 0.15) is 25.5 Å². The fourth-order valence-corrected chi connectivity index (χ4v) is 1.92. The first kappa shape index (κ1) is 7.74. The standard InChI is InChI=1S/C10H11NS/c1-7(2)9-4-3-8-5-12-6-10(8)11-9/h3-7H,1-2H3. The van der Waals surface area contributed by atoms with Gasteiger partial charge in [0.05, 0.1) is 5.52 Å². The molecule has 62 valence electrons. The lowest BCUT2D eigenvalue weighted by Gasteiger charge is -2.02. The number of rotatable bonds is 1. The molecule has 0 aliphatic rings. The van der Waals surface area contributed by atoms with E-state index in [2.05, 4.69) is 41.7 Å². The van der Waals surface area contributed by atoms with Crippen LogP contribution in [0, 0.1) is 0 Å². The summed E-state index contributed by atoms with van der Waals surface area (Å²) < 4.78 is 0. The van der Waals surface area contributed by atoms with E-state index in [0.29, 0.717) is 5.92 Å². The molecule has 0 saturated heterocycles. The molecular formula is C10H11NS. The van der Waals surface area contributed by atoms with Crippen LogP contribution in [0.15, 0.2) is 22.9 Å². The van der Waals surface area contributed by atoms with E-state index in [0.717, 1.165) is 5.52 Å². The Morgan fingerprint density at radius 3 is 2.83 bits per heavy atom. The Labute approximate surface area is 76.1 Å². The highest BCUT2D eigenvalue weighted by Gasteiger charge is 2.01. The third-order valence-electron chi connectivity index (χ3n) is 1.95. The highest BCUT2D eigenvalue weighted by Crippen LogP contribution is 2.20. The predicted molar refractivity (Wildman–Crippen MR) is 53.7 cm³/mol. The molecule has 0 N–H and O–H groups in total. The molecule has 0 fully saturated rings. The van der Waals surface area contributed by atoms with E-state index in [1.807, 2.05) is 0 Å². The van der Waals surface area contributed by atoms with E-state index in [4.69, 9.17) is 0 Å². The lowest BCUT2D eigenvalue weighted by Crippen LogP contribution is -1.90. The summed E-state index contributed by atoms with van der Waals surface area (Å²) in [5, 5.41) is 5.48. The smallest absolute Gasteiger partial charge is 0.0812 e. The van der Waals surface area contributed by atoms with Crippen molar-refractivity contribution in [2.45, 2.75) is 19.8 Å². The van der Waals surface area contributed by atoms with Gasteiger partial charge >= 0.3 is 0 Å². The van der Waals surface area contributed by atoms with Gasteiger partial charge in [0.15, 0.2) is 0 Å². The number of hydrogen-bond acceptors (Lipinski definition) is 2. The number of aromatic nitrogens is 1. The van der Waals surface area contributed by atoms with Gasteiger partial charge in [0.25, 0.3) is 0 Å². The molecule has 0 bridgehead atoms. The van der Waals surface area contributed by atoms with E-state index in [9.17, 15) is 0 Å². The molecule has 0 aliphatic heterocycles. The van der Waals surface area contributed by atoms with Crippen LogP contribution >= 0.6 is 11.3 Å². The second-order valence-electron chi connectivity index (χ2n) is 3.24. The summed E-state index contributed by atoms with van der Waals surface area (Å²) in [6.07, 6.45) is 0. The van der Waals surface area contributed by atoms with E-state index in [1.54, 1.807) is 11.3 Å². The van der Waals surface area contributed by atoms with Crippen LogP contribution in [0.4, 0.5) is 0 Å². The number of pyridine rings is 1. The molecule has 1 nitrogen and oxygen atoms in total. The molecule has 2 aromatic rings. The van der Waals surface area contributed by atoms with E-state index in [-0.39, 0.29) is 0 Å². The Hall–Kier alpha value is -0.890. The van der Waals surface area contributed by atoms with Crippen molar-refractivity contribution in [2.24, 2.45) is 0 Å². The van der Waals surface area contributed by atoms with Gasteiger partial charge in [-0.25, -0.2) is 0 Å². The molecule has 2 heterocycles. The Balaban J connectivity index is 2.60. The molecule has 0 saturated carbocycles. The van der Waals surface area contributed by atoms with Crippen molar-refractivity contribution in [2.75, 3.05) is 0 Å². The molecule has 0 amide bonds. The minimum Gasteiger partial charge on any atom is -0.252 e. The van der Waals surface area contributed by atoms with Crippen LogP contribution in [0.25, 0.3) is 10.9 Å². The molecule has 0 radical (unpaired) electrons. The second-order valence-corrected chi connectivity index (χ2v) is 3.98. The molecule has 0 atom stereocenters. The summed E-state index contributed by atoms with van der Waals surface area (Å²) in [5.41, 5.74) is 2.31. The largest absolute Gasteiger partial charge is 0.252 e. The van der Waals surface area contributed by atoms with Gasteiger partial charge in [-0.05, 0) is 12.0 Å². The number of fused-ring (bicyclic) bond motifs is 1. The Morgan fingerprint density at radius 2 is 2.08 bits per heavy atom. The first-order valence-corrected chi connectivity index (χ1v) is 5.04. The monoisotopic (exact) mass is 177 g/mol. The summed E-state index contributed by atoms with van der Waals surface area (Å²) in [4.78, 5) is 4.55. The van der Waals surface area contributed by atoms with Gasteiger partial charge in [0.1, 0.15) is 0 Å². The lowest BCUT2D eigenvalue weighted by atomic mass is 10.1. The molecule has 12 heavy (non-hydrogen) atoms. The molecule has 0 unspecified atom stereocenters. The molecule has 0 spiro atoms. The van der Waals surface area contributed by atoms with Crippen LogP contribution in [-0.4, -0.2) is 4.98 Å². The van der Waals surface area contributed by atoms with Gasteiger partial charge in [0.2, 0.25) is 0 Å². The van der Waals surface area contributed by atoms with E-state index in [1.165, 1.54) is 11.1 Å². The summed E-state index contributed by atoms with van der Waals surface area (Å²) in [5.74, 6) is 0.522. The van der Waals surface area contributed by atoms with Crippen molar-refractivity contribution in [1.82, 2.24) is 4.98 Å². The van der Waals surface area contributed by atoms with Crippen LogP contribution in [-0.2, 0) is 0 Å². The second kappa shape index (κ2) is 2.87. The molecule has 2 aromatic heterocycles. The minimum absolute atomic E-state index is 0.522. The van der Waals surface area contributed by atoms with Crippen molar-refractivity contribution >= 4 is 22.2 Å². The highest BCUT2D eigenvalue weighted by atomic mass is 32.1. The van der Waals surface area contributed by atoms with E-state index >= 15 is 0 Å². The van der Waals surface area contributed by atoms with Crippen molar-refractivity contribution in [3.8, 4) is 0 Å². The summed E-state index contributed by atoms with van der Waals surface area (Å²) >= 11 is 1.71. The third-order valence-corrected chi connectivity index (χ3v) is 2.69. The van der Waals surface area contributed by atoms with Crippen molar-refractivity contribution in [3.05, 3.63) is 28.6 Å². The molecule has 2 rings (SSSR count). The molecule has 0 aromatic carbocycles. The molecule has 2 heteroatoms. The average molecular weight is 177 g/mol. The SMILES string of the molecule is CC(C)c1ccc2cscc2n1. The quantitative estimate of drug-likeness (QED) is 0.650. The Morgan fingerprint density at radius 1 is 1.25 bits per heavy atom. The summed E-state index contributed by atoms with van der Waals surface area (Å²) in [7, 11) is 0. The van der Waals surface area contributed by atoms with Gasteiger partial charge in [-0.1, -0.05) is 19.9 Å². The summed E-state index contributed by atoms with van der Waals surface area (Å²) in [6, 6.07) is 4.26. The van der Waals surface area contributed by atoms with Crippen molar-refractivity contribution < 1.29 is 0 Å². The predicted octanol–water partition coefficient (Wildman–Crippen LogP) is 3.42. The highest BCUT2D eigenvalue weighted by molar-refractivity contribution is 7.09. The Bertz CT molecular complexity index is 389. The van der Waals surface area contributed by atoms with Crippen LogP contribution in [0.5, 0.6) is 0 Å². The third kappa shape index (κ3) is 1.23. The maximum atomic E-state index is 4.55. The zero-order chi connectivity index (χ0) is 8.55. The first-order valence-electron chi connectivity index (χ1n) is 4.10. The number of nitrogens with zero attached hydrogens (tertiary/aromatic N) is 1. The maximum Gasteiger partial charge on any atom is 0.0812 e. The van der Waals surface area contributed by atoms with Crippen LogP contribution < -0.4 is 0 Å². The number of thiophene rings is 1. The fourth-order valence-electron chi connectivity index (χ4n) is 1.19. The van der Waals surface area contributed by atoms with Crippen LogP contribution in [0.3, 0.4) is 0 Å². The lowest BCUT2D eigenvalue weighted by molar-refractivity contribution is 0.830. The van der Waals surface area contributed by atoms with Crippen molar-refractivity contribution in [1.29, 1.82) is 0 Å². The zero-order valence-electron chi connectivity index (χ0n) is 7.24. The average Bonchev–Trinajstić information content (AvgIpc) is 2.49. The molecular weight excluding hydrogens is 166 g/mol. The van der Waals surface area contributed by atoms with Gasteiger partial charge in [-0.15, -0.1) is 11.3 Å². The minimum atomic E-state index is 0.522. The van der Waals surface area contributed by atoms with Gasteiger partial charge in [-0.3, -0.25) is 4.98 Å². The number of hydrogen-bond donors (Lipinski definition) is 0. The molecule has 0 aliphatic carbocycles. The van der Waals surface area contributed by atoms with Gasteiger partial charge in [-0.2, -0.15) is 0 Å². The zero-order valence-corrected chi connectivity index (χ0v) is 8.06. The summed E-state index contributed by atoms with van der Waals surface area (Å²) in [6.45, 7) is 4.33.